The molecule has 0 fully saturated rings. The summed E-state index contributed by atoms with van der Waals surface area (Å²) in [6.07, 6.45) is -0.736. The number of methoxy groups -OCH3 is 1. The van der Waals surface area contributed by atoms with Crippen molar-refractivity contribution in [2.24, 2.45) is 0 Å². The largest absolute Gasteiger partial charge is 0.478 e. The highest BCUT2D eigenvalue weighted by molar-refractivity contribution is 5.81. The number of carbonyl (C=O) groups excluding carboxylic acids is 2. The summed E-state index contributed by atoms with van der Waals surface area (Å²) >= 11 is 0. The summed E-state index contributed by atoms with van der Waals surface area (Å²) in [4.78, 5) is 24.3. The van der Waals surface area contributed by atoms with Crippen LogP contribution < -0.4 is 4.74 Å². The number of ether oxygens (including phenoxy) is 2. The maximum Gasteiger partial charge on any atom is 0.307 e. The number of likely N-dealkylation sites (N-methyl/N-ethyl adjacent to an activating group) is 1. The Hall–Kier alpha value is -2.11. The summed E-state index contributed by atoms with van der Waals surface area (Å²) in [5.41, 5.74) is 0. The van der Waals surface area contributed by atoms with Crippen molar-refractivity contribution in [2.75, 3.05) is 20.7 Å². The zero-order chi connectivity index (χ0) is 15.1. The van der Waals surface area contributed by atoms with Gasteiger partial charge in [0, 0.05) is 13.6 Å². The van der Waals surface area contributed by atoms with E-state index in [0.29, 0.717) is 0 Å². The summed E-state index contributed by atoms with van der Waals surface area (Å²) in [6, 6.07) is 5.87. The average molecular weight is 283 g/mol. The average Bonchev–Trinajstić information content (AvgIpc) is 2.45. The molecule has 0 bridgehead atoms. The number of hydrogen-bond donors (Lipinski definition) is 0. The van der Waals surface area contributed by atoms with Crippen molar-refractivity contribution < 1.29 is 23.5 Å². The number of benzene rings is 1. The van der Waals surface area contributed by atoms with E-state index in [9.17, 15) is 14.0 Å². The highest BCUT2D eigenvalue weighted by Crippen LogP contribution is 2.17. The third kappa shape index (κ3) is 4.53. The highest BCUT2D eigenvalue weighted by Gasteiger charge is 2.20. The Morgan fingerprint density at radius 3 is 2.60 bits per heavy atom. The Morgan fingerprint density at radius 1 is 1.35 bits per heavy atom. The lowest BCUT2D eigenvalue weighted by Gasteiger charge is -2.21. The van der Waals surface area contributed by atoms with E-state index in [0.717, 1.165) is 0 Å². The SMILES string of the molecule is COC(=O)CCN(C)C(=O)C(C)Oc1ccccc1F. The summed E-state index contributed by atoms with van der Waals surface area (Å²) in [5.74, 6) is -1.23. The second-order valence-corrected chi connectivity index (χ2v) is 4.28. The Labute approximate surface area is 117 Å². The number of hydrogen-bond acceptors (Lipinski definition) is 4. The Bertz CT molecular complexity index is 478. The molecule has 1 atom stereocenters. The van der Waals surface area contributed by atoms with E-state index in [2.05, 4.69) is 4.74 Å². The Morgan fingerprint density at radius 2 is 2.00 bits per heavy atom. The molecule has 0 spiro atoms. The predicted octanol–water partition coefficient (Wildman–Crippen LogP) is 1.61. The van der Waals surface area contributed by atoms with E-state index in [-0.39, 0.29) is 24.6 Å². The van der Waals surface area contributed by atoms with Gasteiger partial charge in [-0.2, -0.15) is 0 Å². The van der Waals surface area contributed by atoms with Crippen LogP contribution in [0.4, 0.5) is 4.39 Å². The Balaban J connectivity index is 2.54. The van der Waals surface area contributed by atoms with E-state index in [1.807, 2.05) is 0 Å². The van der Waals surface area contributed by atoms with Crippen molar-refractivity contribution in [3.63, 3.8) is 0 Å². The van der Waals surface area contributed by atoms with Crippen LogP contribution in [0.2, 0.25) is 0 Å². The Kier molecular flexibility index (Phi) is 5.96. The predicted molar refractivity (Wildman–Crippen MR) is 70.8 cm³/mol. The second-order valence-electron chi connectivity index (χ2n) is 4.28. The van der Waals surface area contributed by atoms with Gasteiger partial charge in [0.05, 0.1) is 13.5 Å². The monoisotopic (exact) mass is 283 g/mol. The lowest BCUT2D eigenvalue weighted by atomic mass is 10.3. The molecule has 0 saturated heterocycles. The molecule has 110 valence electrons. The number of halogens is 1. The number of rotatable bonds is 6. The first-order valence-electron chi connectivity index (χ1n) is 6.18. The van der Waals surface area contributed by atoms with Gasteiger partial charge in [0.15, 0.2) is 17.7 Å². The molecule has 0 aliphatic rings. The van der Waals surface area contributed by atoms with Crippen molar-refractivity contribution in [3.05, 3.63) is 30.1 Å². The van der Waals surface area contributed by atoms with Crippen LogP contribution in [0.25, 0.3) is 0 Å². The lowest BCUT2D eigenvalue weighted by Crippen LogP contribution is -2.39. The minimum atomic E-state index is -0.838. The third-order valence-corrected chi connectivity index (χ3v) is 2.74. The van der Waals surface area contributed by atoms with Gasteiger partial charge in [0.25, 0.3) is 5.91 Å². The van der Waals surface area contributed by atoms with Crippen molar-refractivity contribution in [1.82, 2.24) is 4.90 Å². The molecule has 1 unspecified atom stereocenters. The molecular formula is C14H18FNO4. The van der Waals surface area contributed by atoms with Crippen molar-refractivity contribution in [1.29, 1.82) is 0 Å². The number of carbonyl (C=O) groups is 2. The summed E-state index contributed by atoms with van der Waals surface area (Å²) in [6.45, 7) is 1.75. The zero-order valence-electron chi connectivity index (χ0n) is 11.8. The van der Waals surface area contributed by atoms with Gasteiger partial charge in [-0.1, -0.05) is 12.1 Å². The van der Waals surface area contributed by atoms with E-state index in [1.165, 1.54) is 37.1 Å². The molecule has 0 aromatic heterocycles. The smallest absolute Gasteiger partial charge is 0.307 e. The van der Waals surface area contributed by atoms with E-state index < -0.39 is 17.9 Å². The minimum Gasteiger partial charge on any atom is -0.478 e. The quantitative estimate of drug-likeness (QED) is 0.744. The van der Waals surface area contributed by atoms with Crippen LogP contribution in [0.3, 0.4) is 0 Å². The molecule has 1 rings (SSSR count). The molecular weight excluding hydrogens is 265 g/mol. The van der Waals surface area contributed by atoms with Gasteiger partial charge in [0.2, 0.25) is 0 Å². The normalized spacial score (nSPS) is 11.6. The molecule has 1 aromatic rings. The van der Waals surface area contributed by atoms with Crippen LogP contribution in [0.15, 0.2) is 24.3 Å². The summed E-state index contributed by atoms with van der Waals surface area (Å²) in [7, 11) is 2.83. The second kappa shape index (κ2) is 7.47. The van der Waals surface area contributed by atoms with E-state index in [4.69, 9.17) is 4.74 Å². The molecule has 1 amide bonds. The first kappa shape index (κ1) is 15.9. The fourth-order valence-corrected chi connectivity index (χ4v) is 1.56. The van der Waals surface area contributed by atoms with Gasteiger partial charge in [-0.15, -0.1) is 0 Å². The van der Waals surface area contributed by atoms with Crippen LogP contribution in [0.5, 0.6) is 5.75 Å². The van der Waals surface area contributed by atoms with Gasteiger partial charge in [-0.3, -0.25) is 9.59 Å². The lowest BCUT2D eigenvalue weighted by molar-refractivity contribution is -0.142. The van der Waals surface area contributed by atoms with Gasteiger partial charge < -0.3 is 14.4 Å². The van der Waals surface area contributed by atoms with Crippen LogP contribution in [0, 0.1) is 5.82 Å². The van der Waals surface area contributed by atoms with E-state index >= 15 is 0 Å². The van der Waals surface area contributed by atoms with Crippen molar-refractivity contribution in [2.45, 2.75) is 19.4 Å². The summed E-state index contributed by atoms with van der Waals surface area (Å²) < 4.78 is 23.2. The molecule has 0 N–H and O–H groups in total. The van der Waals surface area contributed by atoms with Crippen LogP contribution in [0.1, 0.15) is 13.3 Å². The molecule has 0 heterocycles. The molecule has 6 heteroatoms. The fourth-order valence-electron chi connectivity index (χ4n) is 1.56. The van der Waals surface area contributed by atoms with Gasteiger partial charge in [0.1, 0.15) is 0 Å². The summed E-state index contributed by atoms with van der Waals surface area (Å²) in [5, 5.41) is 0. The number of nitrogens with zero attached hydrogens (tertiary/aromatic N) is 1. The molecule has 0 aliphatic heterocycles. The van der Waals surface area contributed by atoms with Gasteiger partial charge in [-0.05, 0) is 19.1 Å². The third-order valence-electron chi connectivity index (χ3n) is 2.74. The van der Waals surface area contributed by atoms with Crippen LogP contribution in [-0.4, -0.2) is 43.6 Å². The zero-order valence-corrected chi connectivity index (χ0v) is 11.8. The van der Waals surface area contributed by atoms with Gasteiger partial charge >= 0.3 is 5.97 Å². The van der Waals surface area contributed by atoms with Gasteiger partial charge in [-0.25, -0.2) is 4.39 Å². The molecule has 0 aliphatic carbocycles. The fraction of sp³-hybridized carbons (Fsp3) is 0.429. The number of esters is 1. The van der Waals surface area contributed by atoms with Crippen molar-refractivity contribution in [3.8, 4) is 5.75 Å². The van der Waals surface area contributed by atoms with E-state index in [1.54, 1.807) is 13.1 Å². The maximum absolute atomic E-state index is 13.4. The van der Waals surface area contributed by atoms with Crippen LogP contribution in [-0.2, 0) is 14.3 Å². The maximum atomic E-state index is 13.4. The molecule has 5 nitrogen and oxygen atoms in total. The first-order chi connectivity index (χ1) is 9.45. The van der Waals surface area contributed by atoms with Crippen LogP contribution >= 0.6 is 0 Å². The minimum absolute atomic E-state index is 0.0229. The number of para-hydroxylation sites is 1. The molecule has 0 saturated carbocycles. The van der Waals surface area contributed by atoms with Crippen molar-refractivity contribution >= 4 is 11.9 Å². The molecule has 20 heavy (non-hydrogen) atoms. The standard InChI is InChI=1S/C14H18FNO4/c1-10(20-12-7-5-4-6-11(12)15)14(18)16(2)9-8-13(17)19-3/h4-7,10H,8-9H2,1-3H3. The first-order valence-corrected chi connectivity index (χ1v) is 6.18. The number of amides is 1. The molecule has 1 aromatic carbocycles. The molecule has 0 radical (unpaired) electrons. The highest BCUT2D eigenvalue weighted by atomic mass is 19.1. The topological polar surface area (TPSA) is 55.8 Å².